The number of aromatic nitrogens is 3. The molecular weight excluding hydrogens is 356 g/mol. The van der Waals surface area contributed by atoms with E-state index in [1.54, 1.807) is 17.0 Å². The first kappa shape index (κ1) is 17.1. The molecule has 5 rings (SSSR count). The van der Waals surface area contributed by atoms with E-state index < -0.39 is 12.0 Å². The summed E-state index contributed by atoms with van der Waals surface area (Å²) in [4.78, 5) is 30.9. The summed E-state index contributed by atoms with van der Waals surface area (Å²) in [5.41, 5.74) is 2.23. The molecule has 1 fully saturated rings. The van der Waals surface area contributed by atoms with Crippen molar-refractivity contribution in [1.82, 2.24) is 20.1 Å². The number of carbonyl (C=O) groups excluding carboxylic acids is 2. The number of fused-ring (bicyclic) bond motifs is 1. The van der Waals surface area contributed by atoms with Gasteiger partial charge in [-0.05, 0) is 36.2 Å². The maximum Gasteiger partial charge on any atom is 0.170 e. The highest BCUT2D eigenvalue weighted by atomic mass is 16.3. The Morgan fingerprint density at radius 2 is 2.04 bits per heavy atom. The quantitative estimate of drug-likeness (QED) is 0.705. The van der Waals surface area contributed by atoms with Gasteiger partial charge in [-0.15, -0.1) is 0 Å². The Balaban J connectivity index is 1.56. The Morgan fingerprint density at radius 3 is 2.82 bits per heavy atom. The van der Waals surface area contributed by atoms with Crippen molar-refractivity contribution < 1.29 is 14.0 Å². The Kier molecular flexibility index (Phi) is 4.16. The third-order valence-electron chi connectivity index (χ3n) is 5.86. The molecule has 142 valence electrons. The van der Waals surface area contributed by atoms with E-state index in [9.17, 15) is 9.59 Å². The zero-order valence-corrected chi connectivity index (χ0v) is 15.2. The van der Waals surface area contributed by atoms with E-state index in [1.165, 1.54) is 18.2 Å². The molecule has 0 amide bonds. The third kappa shape index (κ3) is 2.70. The number of benzene rings is 1. The van der Waals surface area contributed by atoms with Crippen LogP contribution in [-0.4, -0.2) is 32.9 Å². The molecule has 7 heteroatoms. The van der Waals surface area contributed by atoms with Crippen molar-refractivity contribution in [3.05, 3.63) is 72.2 Å². The smallest absolute Gasteiger partial charge is 0.170 e. The van der Waals surface area contributed by atoms with Gasteiger partial charge in [-0.25, -0.2) is 9.67 Å². The molecule has 7 nitrogen and oxygen atoms in total. The predicted octanol–water partition coefficient (Wildman–Crippen LogP) is 2.24. The summed E-state index contributed by atoms with van der Waals surface area (Å²) in [6.07, 6.45) is 5.63. The normalized spacial score (nSPS) is 27.6. The van der Waals surface area contributed by atoms with Gasteiger partial charge in [0, 0.05) is 12.5 Å². The van der Waals surface area contributed by atoms with Crippen molar-refractivity contribution in [2.45, 2.75) is 30.8 Å². The van der Waals surface area contributed by atoms with Crippen molar-refractivity contribution in [2.24, 2.45) is 5.92 Å². The number of carbonyl (C=O) groups is 2. The first-order valence-electron chi connectivity index (χ1n) is 9.49. The fourth-order valence-corrected chi connectivity index (χ4v) is 4.62. The Morgan fingerprint density at radius 1 is 1.14 bits per heavy atom. The second-order valence-electron chi connectivity index (χ2n) is 7.37. The molecular formula is C21H20N4O3. The van der Waals surface area contributed by atoms with Crippen LogP contribution >= 0.6 is 0 Å². The molecule has 3 heterocycles. The van der Waals surface area contributed by atoms with Gasteiger partial charge < -0.3 is 9.73 Å². The standard InChI is InChI=1S/C21H20N4O3/c26-16-10-15(17-6-3-9-28-17)20(25-12-22-11-24-25)21(27)18(16)19-14-5-2-1-4-13(14)7-8-23-19/h1-6,9,11-12,15,18-20,23H,7-8,10H2/t15-,18-,19+,20+/m0/s1. The third-order valence-corrected chi connectivity index (χ3v) is 5.86. The number of hydrogen-bond donors (Lipinski definition) is 1. The molecule has 0 unspecified atom stereocenters. The largest absolute Gasteiger partial charge is 0.469 e. The summed E-state index contributed by atoms with van der Waals surface area (Å²) >= 11 is 0. The van der Waals surface area contributed by atoms with Crippen LogP contribution in [0.15, 0.2) is 59.7 Å². The molecule has 0 radical (unpaired) electrons. The van der Waals surface area contributed by atoms with Crippen LogP contribution in [0.4, 0.5) is 0 Å². The second kappa shape index (κ2) is 6.83. The molecule has 3 aromatic rings. The van der Waals surface area contributed by atoms with Gasteiger partial charge in [-0.1, -0.05) is 24.3 Å². The van der Waals surface area contributed by atoms with Crippen molar-refractivity contribution in [1.29, 1.82) is 0 Å². The number of hydrogen-bond acceptors (Lipinski definition) is 6. The van der Waals surface area contributed by atoms with Crippen molar-refractivity contribution in [2.75, 3.05) is 6.54 Å². The number of nitrogens with one attached hydrogen (secondary N) is 1. The average molecular weight is 376 g/mol. The van der Waals surface area contributed by atoms with Crippen LogP contribution in [0.2, 0.25) is 0 Å². The van der Waals surface area contributed by atoms with E-state index in [0.717, 1.165) is 18.5 Å². The summed E-state index contributed by atoms with van der Waals surface area (Å²) in [5.74, 6) is -0.708. The average Bonchev–Trinajstić information content (AvgIpc) is 3.42. The summed E-state index contributed by atoms with van der Waals surface area (Å²) in [6.45, 7) is 0.744. The van der Waals surface area contributed by atoms with Gasteiger partial charge in [0.05, 0.1) is 18.1 Å². The molecule has 1 saturated carbocycles. The van der Waals surface area contributed by atoms with Gasteiger partial charge in [-0.2, -0.15) is 5.10 Å². The lowest BCUT2D eigenvalue weighted by Gasteiger charge is -2.38. The predicted molar refractivity (Wildman–Crippen MR) is 99.5 cm³/mol. The lowest BCUT2D eigenvalue weighted by atomic mass is 9.70. The first-order valence-corrected chi connectivity index (χ1v) is 9.49. The number of Topliss-reactive ketones (excluding diaryl/α,β-unsaturated/α-hetero) is 2. The molecule has 28 heavy (non-hydrogen) atoms. The van der Waals surface area contributed by atoms with E-state index in [0.29, 0.717) is 5.76 Å². The number of nitrogens with zero attached hydrogens (tertiary/aromatic N) is 3. The van der Waals surface area contributed by atoms with Crippen molar-refractivity contribution in [3.8, 4) is 0 Å². The molecule has 2 aliphatic rings. The molecule has 1 aromatic carbocycles. The number of ketones is 2. The fraction of sp³-hybridized carbons (Fsp3) is 0.333. The van der Waals surface area contributed by atoms with E-state index in [1.807, 2.05) is 24.3 Å². The fourth-order valence-electron chi connectivity index (χ4n) is 4.62. The maximum atomic E-state index is 13.7. The van der Waals surface area contributed by atoms with Crippen LogP contribution in [0, 0.1) is 5.92 Å². The van der Waals surface area contributed by atoms with E-state index in [-0.39, 0.29) is 29.9 Å². The lowest BCUT2D eigenvalue weighted by Crippen LogP contribution is -2.48. The summed E-state index contributed by atoms with van der Waals surface area (Å²) < 4.78 is 7.11. The van der Waals surface area contributed by atoms with Crippen LogP contribution in [0.25, 0.3) is 0 Å². The summed E-state index contributed by atoms with van der Waals surface area (Å²) in [6, 6.07) is 10.7. The van der Waals surface area contributed by atoms with Gasteiger partial charge in [0.1, 0.15) is 30.2 Å². The van der Waals surface area contributed by atoms with Gasteiger partial charge >= 0.3 is 0 Å². The topological polar surface area (TPSA) is 90.0 Å². The highest BCUT2D eigenvalue weighted by Gasteiger charge is 2.50. The zero-order valence-electron chi connectivity index (χ0n) is 15.2. The minimum absolute atomic E-state index is 0.0584. The minimum Gasteiger partial charge on any atom is -0.469 e. The zero-order chi connectivity index (χ0) is 19.1. The highest BCUT2D eigenvalue weighted by molar-refractivity contribution is 6.08. The van der Waals surface area contributed by atoms with E-state index >= 15 is 0 Å². The van der Waals surface area contributed by atoms with Gasteiger partial charge in [0.25, 0.3) is 0 Å². The van der Waals surface area contributed by atoms with Crippen LogP contribution in [-0.2, 0) is 16.0 Å². The SMILES string of the molecule is O=C1C[C@@H](c2ccco2)[C@@H](n2cncn2)C(=O)[C@@H]1[C@@H]1NCCc2ccccc21. The second-order valence-corrected chi connectivity index (χ2v) is 7.37. The monoisotopic (exact) mass is 376 g/mol. The van der Waals surface area contributed by atoms with Gasteiger partial charge in [0.15, 0.2) is 5.78 Å². The molecule has 1 aliphatic heterocycles. The Labute approximate surface area is 161 Å². The molecule has 4 atom stereocenters. The Bertz CT molecular complexity index is 997. The molecule has 0 spiro atoms. The molecule has 0 saturated heterocycles. The highest BCUT2D eigenvalue weighted by Crippen LogP contribution is 2.44. The van der Waals surface area contributed by atoms with Gasteiger partial charge in [0.2, 0.25) is 0 Å². The molecule has 0 bridgehead atoms. The summed E-state index contributed by atoms with van der Waals surface area (Å²) in [7, 11) is 0. The molecule has 1 N–H and O–H groups in total. The number of furan rings is 1. The van der Waals surface area contributed by atoms with Crippen molar-refractivity contribution >= 4 is 11.6 Å². The van der Waals surface area contributed by atoms with Crippen LogP contribution in [0.5, 0.6) is 0 Å². The van der Waals surface area contributed by atoms with Crippen LogP contribution in [0.1, 0.15) is 41.3 Å². The van der Waals surface area contributed by atoms with Gasteiger partial charge in [-0.3, -0.25) is 9.59 Å². The van der Waals surface area contributed by atoms with E-state index in [2.05, 4.69) is 21.5 Å². The van der Waals surface area contributed by atoms with Crippen molar-refractivity contribution in [3.63, 3.8) is 0 Å². The van der Waals surface area contributed by atoms with Crippen LogP contribution in [0.3, 0.4) is 0 Å². The minimum atomic E-state index is -0.748. The maximum absolute atomic E-state index is 13.7. The lowest BCUT2D eigenvalue weighted by molar-refractivity contribution is -0.141. The molecule has 2 aromatic heterocycles. The van der Waals surface area contributed by atoms with Crippen LogP contribution < -0.4 is 5.32 Å². The van der Waals surface area contributed by atoms with E-state index in [4.69, 9.17) is 4.42 Å². The Hall–Kier alpha value is -3.06. The summed E-state index contributed by atoms with van der Waals surface area (Å²) in [5, 5.41) is 7.62. The first-order chi connectivity index (χ1) is 13.7. The molecule has 1 aliphatic carbocycles. The number of rotatable bonds is 3.